The monoisotopic (exact) mass is 687 g/mol. The topological polar surface area (TPSA) is 146 Å². The molecule has 1 aliphatic heterocycles. The Morgan fingerprint density at radius 2 is 1.89 bits per heavy atom. The van der Waals surface area contributed by atoms with Crippen LogP contribution in [-0.4, -0.2) is 91.9 Å². The molecule has 3 N–H and O–H groups in total. The van der Waals surface area contributed by atoms with E-state index in [0.29, 0.717) is 25.4 Å². The molecule has 0 fully saturated rings. The minimum absolute atomic E-state index is 0.142. The number of likely N-dealkylation sites (N-methyl/N-ethyl adjacent to an activating group) is 1. The normalized spacial score (nSPS) is 20.6. The summed E-state index contributed by atoms with van der Waals surface area (Å²) in [5.41, 5.74) is 1.63. The van der Waals surface area contributed by atoms with Gasteiger partial charge in [0.1, 0.15) is 9.96 Å². The summed E-state index contributed by atoms with van der Waals surface area (Å²) in [6.07, 6.45) is 1.94. The molecule has 3 aromatic rings. The Bertz CT molecular complexity index is 1580. The first-order valence-electron chi connectivity index (χ1n) is 15.8. The number of aliphatic hydroxyl groups excluding tert-OH is 1. The van der Waals surface area contributed by atoms with E-state index >= 15 is 0 Å². The second kappa shape index (κ2) is 16.6. The first-order chi connectivity index (χ1) is 22.4. The lowest BCUT2D eigenvalue weighted by molar-refractivity contribution is -0.0177. The predicted molar refractivity (Wildman–Crippen MR) is 182 cm³/mol. The number of ether oxygens (including phenoxy) is 2. The molecular formula is C34H45N3O8S2. The molecule has 0 bridgehead atoms. The van der Waals surface area contributed by atoms with Crippen LogP contribution >= 0.6 is 11.3 Å². The van der Waals surface area contributed by atoms with Gasteiger partial charge in [-0.05, 0) is 87.5 Å². The summed E-state index contributed by atoms with van der Waals surface area (Å²) in [5, 5.41) is 21.1. The molecule has 47 heavy (non-hydrogen) atoms. The SMILES string of the molecule is C[C@@H]1CN([C@@H](C)CO)C(=O)c2cc(NS(=O)(=O)c3cccs3)ccc2O[C@@H](C)CCCCO[C@H]1CN(C)Cc1ccc(C(=O)O)cc1. The molecular weight excluding hydrogens is 643 g/mol. The summed E-state index contributed by atoms with van der Waals surface area (Å²) >= 11 is 1.10. The molecule has 256 valence electrons. The zero-order chi connectivity index (χ0) is 34.1. The lowest BCUT2D eigenvalue weighted by atomic mass is 10.0. The Morgan fingerprint density at radius 3 is 2.55 bits per heavy atom. The molecule has 11 nitrogen and oxygen atoms in total. The van der Waals surface area contributed by atoms with Crippen LogP contribution < -0.4 is 9.46 Å². The van der Waals surface area contributed by atoms with Crippen molar-refractivity contribution in [2.24, 2.45) is 5.92 Å². The molecule has 0 spiro atoms. The zero-order valence-electron chi connectivity index (χ0n) is 27.3. The van der Waals surface area contributed by atoms with Crippen molar-refractivity contribution in [1.29, 1.82) is 0 Å². The van der Waals surface area contributed by atoms with Gasteiger partial charge >= 0.3 is 5.97 Å². The minimum Gasteiger partial charge on any atom is -0.490 e. The van der Waals surface area contributed by atoms with E-state index in [4.69, 9.17) is 9.47 Å². The van der Waals surface area contributed by atoms with E-state index in [1.54, 1.807) is 59.7 Å². The third kappa shape index (κ3) is 10.0. The zero-order valence-corrected chi connectivity index (χ0v) is 28.9. The van der Waals surface area contributed by atoms with Crippen LogP contribution in [0.5, 0.6) is 5.75 Å². The first kappa shape index (κ1) is 36.3. The summed E-state index contributed by atoms with van der Waals surface area (Å²) in [5.74, 6) is -1.15. The number of aromatic carboxylic acids is 1. The van der Waals surface area contributed by atoms with Gasteiger partial charge < -0.3 is 24.6 Å². The second-order valence-corrected chi connectivity index (χ2v) is 15.1. The van der Waals surface area contributed by atoms with Crippen molar-refractivity contribution in [3.8, 4) is 5.75 Å². The average molecular weight is 688 g/mol. The number of amides is 1. The molecule has 0 unspecified atom stereocenters. The lowest BCUT2D eigenvalue weighted by Crippen LogP contribution is -2.47. The van der Waals surface area contributed by atoms with Gasteiger partial charge in [0.15, 0.2) is 0 Å². The van der Waals surface area contributed by atoms with Gasteiger partial charge in [-0.25, -0.2) is 13.2 Å². The number of benzene rings is 2. The van der Waals surface area contributed by atoms with Crippen LogP contribution in [0.2, 0.25) is 0 Å². The smallest absolute Gasteiger partial charge is 0.335 e. The maximum atomic E-state index is 14.3. The highest BCUT2D eigenvalue weighted by atomic mass is 32.2. The summed E-state index contributed by atoms with van der Waals surface area (Å²) < 4.78 is 41.4. The van der Waals surface area contributed by atoms with E-state index in [2.05, 4.69) is 9.62 Å². The number of hydrogen-bond donors (Lipinski definition) is 3. The van der Waals surface area contributed by atoms with Crippen molar-refractivity contribution in [1.82, 2.24) is 9.80 Å². The van der Waals surface area contributed by atoms with Crippen molar-refractivity contribution in [3.05, 3.63) is 76.7 Å². The van der Waals surface area contributed by atoms with Gasteiger partial charge in [-0.15, -0.1) is 11.3 Å². The Morgan fingerprint density at radius 1 is 1.15 bits per heavy atom. The summed E-state index contributed by atoms with van der Waals surface area (Å²) in [6.45, 7) is 7.39. The number of carboxylic acids is 1. The number of nitrogens with zero attached hydrogens (tertiary/aromatic N) is 2. The van der Waals surface area contributed by atoms with Crippen LogP contribution in [0, 0.1) is 5.92 Å². The van der Waals surface area contributed by atoms with Crippen molar-refractivity contribution in [2.45, 2.75) is 69.0 Å². The van der Waals surface area contributed by atoms with Gasteiger partial charge in [0, 0.05) is 37.8 Å². The number of carbonyl (C=O) groups excluding carboxylic acids is 1. The molecule has 13 heteroatoms. The third-order valence-corrected chi connectivity index (χ3v) is 11.0. The fourth-order valence-corrected chi connectivity index (χ4v) is 7.55. The molecule has 1 aromatic heterocycles. The first-order valence-corrected chi connectivity index (χ1v) is 18.2. The number of carboxylic acid groups (broad SMARTS) is 1. The Balaban J connectivity index is 1.61. The highest BCUT2D eigenvalue weighted by Gasteiger charge is 2.31. The molecule has 0 radical (unpaired) electrons. The minimum atomic E-state index is -3.85. The molecule has 1 amide bonds. The number of thiophene rings is 1. The number of hydrogen-bond acceptors (Lipinski definition) is 9. The molecule has 4 rings (SSSR count). The standard InChI is InChI=1S/C34H45N3O8S2/c1-23-19-37(24(2)22-38)33(39)29-18-28(35-47(42,43)32-9-7-17-46-32)14-15-30(29)45-25(3)8-5-6-16-44-31(23)21-36(4)20-26-10-12-27(13-11-26)34(40)41/h7,9-15,17-18,23-25,31,35,38H,5-6,8,16,19-22H2,1-4H3,(H,40,41)/t23-,24+,25+,31+/m1/s1. The second-order valence-electron chi connectivity index (χ2n) is 12.2. The summed E-state index contributed by atoms with van der Waals surface area (Å²) in [6, 6.07) is 14.1. The highest BCUT2D eigenvalue weighted by molar-refractivity contribution is 7.94. The Hall–Kier alpha value is -3.49. The maximum Gasteiger partial charge on any atom is 0.335 e. The number of aliphatic hydroxyl groups is 1. The van der Waals surface area contributed by atoms with Crippen LogP contribution in [0.1, 0.15) is 66.3 Å². The molecule has 4 atom stereocenters. The van der Waals surface area contributed by atoms with Gasteiger partial charge in [0.25, 0.3) is 15.9 Å². The lowest BCUT2D eigenvalue weighted by Gasteiger charge is -2.36. The Kier molecular flexibility index (Phi) is 12.8. The number of rotatable bonds is 10. The van der Waals surface area contributed by atoms with E-state index in [9.17, 15) is 28.2 Å². The number of anilines is 1. The van der Waals surface area contributed by atoms with Crippen molar-refractivity contribution in [3.63, 3.8) is 0 Å². The van der Waals surface area contributed by atoms with Crippen LogP contribution in [0.25, 0.3) is 0 Å². The van der Waals surface area contributed by atoms with Crippen molar-refractivity contribution >= 4 is 38.9 Å². The highest BCUT2D eigenvalue weighted by Crippen LogP contribution is 2.30. The van der Waals surface area contributed by atoms with Gasteiger partial charge in [0.05, 0.1) is 36.0 Å². The third-order valence-electron chi connectivity index (χ3n) is 8.21. The van der Waals surface area contributed by atoms with E-state index in [-0.39, 0.29) is 58.2 Å². The number of carbonyl (C=O) groups is 2. The number of fused-ring (bicyclic) bond motifs is 1. The molecule has 2 heterocycles. The van der Waals surface area contributed by atoms with Crippen molar-refractivity contribution < 1.29 is 37.7 Å². The van der Waals surface area contributed by atoms with Gasteiger partial charge in [0.2, 0.25) is 0 Å². The van der Waals surface area contributed by atoms with Gasteiger partial charge in [-0.1, -0.05) is 25.1 Å². The van der Waals surface area contributed by atoms with E-state index in [0.717, 1.165) is 36.2 Å². The molecule has 2 aromatic carbocycles. The number of sulfonamides is 1. The van der Waals surface area contributed by atoms with E-state index < -0.39 is 22.0 Å². The van der Waals surface area contributed by atoms with Crippen molar-refractivity contribution in [2.75, 3.05) is 38.1 Å². The largest absolute Gasteiger partial charge is 0.490 e. The molecule has 0 saturated heterocycles. The summed E-state index contributed by atoms with van der Waals surface area (Å²) in [4.78, 5) is 29.3. The van der Waals surface area contributed by atoms with E-state index in [1.165, 1.54) is 12.1 Å². The molecule has 0 saturated carbocycles. The number of nitrogens with one attached hydrogen (secondary N) is 1. The molecule has 0 aliphatic carbocycles. The molecule has 1 aliphatic rings. The quantitative estimate of drug-likeness (QED) is 0.263. The van der Waals surface area contributed by atoms with Crippen LogP contribution in [-0.2, 0) is 21.3 Å². The fourth-order valence-electron chi connectivity index (χ4n) is 5.51. The van der Waals surface area contributed by atoms with Gasteiger partial charge in [-0.3, -0.25) is 14.4 Å². The predicted octanol–water partition coefficient (Wildman–Crippen LogP) is 5.17. The van der Waals surface area contributed by atoms with Crippen LogP contribution in [0.4, 0.5) is 5.69 Å². The van der Waals surface area contributed by atoms with Crippen LogP contribution in [0.3, 0.4) is 0 Å². The fraction of sp³-hybridized carbons (Fsp3) is 0.471. The average Bonchev–Trinajstić information content (AvgIpc) is 3.59. The van der Waals surface area contributed by atoms with E-state index in [1.807, 2.05) is 20.9 Å². The van der Waals surface area contributed by atoms with Gasteiger partial charge in [-0.2, -0.15) is 0 Å². The van der Waals surface area contributed by atoms with Crippen LogP contribution in [0.15, 0.2) is 64.2 Å². The maximum absolute atomic E-state index is 14.3. The summed E-state index contributed by atoms with van der Waals surface area (Å²) in [7, 11) is -1.88. The Labute approximate surface area is 281 Å².